The van der Waals surface area contributed by atoms with Crippen molar-refractivity contribution in [2.24, 2.45) is 0 Å². The molecule has 0 aromatic heterocycles. The van der Waals surface area contributed by atoms with Crippen LogP contribution >= 0.6 is 23.4 Å². The van der Waals surface area contributed by atoms with Gasteiger partial charge in [0.05, 0.1) is 28.8 Å². The van der Waals surface area contributed by atoms with Gasteiger partial charge in [-0.15, -0.1) is 0 Å². The van der Waals surface area contributed by atoms with Gasteiger partial charge >= 0.3 is 0 Å². The van der Waals surface area contributed by atoms with Crippen LogP contribution in [0.1, 0.15) is 10.4 Å². The van der Waals surface area contributed by atoms with Crippen molar-refractivity contribution in [3.63, 3.8) is 0 Å². The van der Waals surface area contributed by atoms with Crippen LogP contribution in [0.4, 0.5) is 20.2 Å². The van der Waals surface area contributed by atoms with Gasteiger partial charge in [-0.3, -0.25) is 4.79 Å². The van der Waals surface area contributed by atoms with E-state index in [1.54, 1.807) is 24.3 Å². The molecule has 26 heavy (non-hydrogen) atoms. The number of morpholine rings is 1. The van der Waals surface area contributed by atoms with E-state index in [1.165, 1.54) is 6.07 Å². The Hall–Kier alpha value is -1.83. The molecule has 2 aromatic carbocycles. The average molecular weight is 399 g/mol. The highest BCUT2D eigenvalue weighted by atomic mass is 35.5. The van der Waals surface area contributed by atoms with Crippen LogP contribution in [0.2, 0.25) is 5.02 Å². The Labute approximate surface area is 159 Å². The molecule has 0 bridgehead atoms. The molecular formula is C18H17ClF2N2O2S. The number of anilines is 2. The van der Waals surface area contributed by atoms with Crippen LogP contribution in [-0.2, 0) is 4.74 Å². The lowest BCUT2D eigenvalue weighted by Crippen LogP contribution is -2.36. The van der Waals surface area contributed by atoms with Gasteiger partial charge in [-0.2, -0.15) is 8.78 Å². The molecule has 0 spiro atoms. The largest absolute Gasteiger partial charge is 0.378 e. The third-order valence-electron chi connectivity index (χ3n) is 3.93. The summed E-state index contributed by atoms with van der Waals surface area (Å²) in [5.74, 6) is -3.00. The molecule has 4 nitrogen and oxygen atoms in total. The molecule has 1 aliphatic rings. The molecule has 8 heteroatoms. The molecule has 1 amide bonds. The number of hydrogen-bond donors (Lipinski definition) is 1. The number of carbonyl (C=O) groups is 1. The molecule has 1 saturated heterocycles. The second kappa shape index (κ2) is 8.70. The Bertz CT molecular complexity index is 768. The number of alkyl halides is 2. The lowest BCUT2D eigenvalue weighted by Gasteiger charge is -2.28. The predicted molar refractivity (Wildman–Crippen MR) is 101 cm³/mol. The SMILES string of the molecule is O=C(Nc1cccc(Cl)c1SC(F)F)c1ccc(N2CCOCC2)cc1. The molecule has 1 fully saturated rings. The Balaban J connectivity index is 1.73. The van der Waals surface area contributed by atoms with E-state index in [4.69, 9.17) is 16.3 Å². The van der Waals surface area contributed by atoms with Gasteiger partial charge in [-0.25, -0.2) is 0 Å². The third kappa shape index (κ3) is 4.66. The first-order chi connectivity index (χ1) is 12.5. The minimum Gasteiger partial charge on any atom is -0.378 e. The Morgan fingerprint density at radius 1 is 1.15 bits per heavy atom. The van der Waals surface area contributed by atoms with Gasteiger partial charge in [-0.05, 0) is 36.4 Å². The van der Waals surface area contributed by atoms with E-state index < -0.39 is 5.76 Å². The summed E-state index contributed by atoms with van der Waals surface area (Å²) < 4.78 is 30.8. The van der Waals surface area contributed by atoms with Crippen LogP contribution in [0.25, 0.3) is 0 Å². The lowest BCUT2D eigenvalue weighted by molar-refractivity contribution is 0.102. The van der Waals surface area contributed by atoms with E-state index in [9.17, 15) is 13.6 Å². The van der Waals surface area contributed by atoms with Crippen LogP contribution < -0.4 is 10.2 Å². The highest BCUT2D eigenvalue weighted by molar-refractivity contribution is 7.99. The second-order valence-electron chi connectivity index (χ2n) is 5.60. The smallest absolute Gasteiger partial charge is 0.289 e. The quantitative estimate of drug-likeness (QED) is 0.738. The van der Waals surface area contributed by atoms with Gasteiger partial charge < -0.3 is 15.0 Å². The maximum absolute atomic E-state index is 12.7. The third-order valence-corrected chi connectivity index (χ3v) is 5.21. The molecule has 0 unspecified atom stereocenters. The summed E-state index contributed by atoms with van der Waals surface area (Å²) in [4.78, 5) is 14.8. The van der Waals surface area contributed by atoms with Crippen molar-refractivity contribution in [1.82, 2.24) is 0 Å². The summed E-state index contributed by atoms with van der Waals surface area (Å²) in [6.45, 7) is 2.98. The minimum atomic E-state index is -2.63. The molecule has 2 aromatic rings. The van der Waals surface area contributed by atoms with E-state index in [0.29, 0.717) is 30.5 Å². The fraction of sp³-hybridized carbons (Fsp3) is 0.278. The minimum absolute atomic E-state index is 0.155. The molecule has 0 atom stereocenters. The number of rotatable bonds is 5. The molecular weight excluding hydrogens is 382 g/mol. The Kier molecular flexibility index (Phi) is 6.34. The maximum Gasteiger partial charge on any atom is 0.289 e. The zero-order chi connectivity index (χ0) is 18.5. The first-order valence-corrected chi connectivity index (χ1v) is 9.28. The number of amides is 1. The summed E-state index contributed by atoms with van der Waals surface area (Å²) >= 11 is 6.30. The van der Waals surface area contributed by atoms with E-state index >= 15 is 0 Å². The van der Waals surface area contributed by atoms with Crippen molar-refractivity contribution in [2.45, 2.75) is 10.7 Å². The fourth-order valence-electron chi connectivity index (χ4n) is 2.66. The average Bonchev–Trinajstić information content (AvgIpc) is 2.65. The molecule has 138 valence electrons. The zero-order valence-electron chi connectivity index (χ0n) is 13.8. The summed E-state index contributed by atoms with van der Waals surface area (Å²) in [6.07, 6.45) is 0. The monoisotopic (exact) mass is 398 g/mol. The second-order valence-corrected chi connectivity index (χ2v) is 7.00. The summed E-state index contributed by atoms with van der Waals surface area (Å²) in [5.41, 5.74) is 1.72. The van der Waals surface area contributed by atoms with Crippen LogP contribution in [0.15, 0.2) is 47.4 Å². The van der Waals surface area contributed by atoms with Crippen molar-refractivity contribution >= 4 is 40.6 Å². The van der Waals surface area contributed by atoms with Crippen LogP contribution in [0.5, 0.6) is 0 Å². The number of hydrogen-bond acceptors (Lipinski definition) is 4. The molecule has 1 heterocycles. The van der Waals surface area contributed by atoms with Crippen LogP contribution in [0, 0.1) is 0 Å². The molecule has 0 aliphatic carbocycles. The Morgan fingerprint density at radius 3 is 2.50 bits per heavy atom. The number of benzene rings is 2. The normalized spacial score (nSPS) is 14.5. The number of thioether (sulfide) groups is 1. The van der Waals surface area contributed by atoms with Gasteiger partial charge in [0.1, 0.15) is 0 Å². The topological polar surface area (TPSA) is 41.6 Å². The van der Waals surface area contributed by atoms with Crippen molar-refractivity contribution in [3.05, 3.63) is 53.1 Å². The molecule has 3 rings (SSSR count). The molecule has 1 N–H and O–H groups in total. The predicted octanol–water partition coefficient (Wildman–Crippen LogP) is 4.74. The highest BCUT2D eigenvalue weighted by Crippen LogP contribution is 2.37. The number of ether oxygens (including phenoxy) is 1. The molecule has 1 aliphatic heterocycles. The van der Waals surface area contributed by atoms with Crippen LogP contribution in [0.3, 0.4) is 0 Å². The zero-order valence-corrected chi connectivity index (χ0v) is 15.3. The highest BCUT2D eigenvalue weighted by Gasteiger charge is 2.17. The van der Waals surface area contributed by atoms with Gasteiger partial charge in [0, 0.05) is 24.3 Å². The fourth-order valence-corrected chi connectivity index (χ4v) is 3.57. The van der Waals surface area contributed by atoms with E-state index in [2.05, 4.69) is 10.2 Å². The molecule has 0 radical (unpaired) electrons. The summed E-state index contributed by atoms with van der Waals surface area (Å²) in [6, 6.07) is 11.8. The molecule has 0 saturated carbocycles. The number of nitrogens with zero attached hydrogens (tertiary/aromatic N) is 1. The standard InChI is InChI=1S/C18H17ClF2N2O2S/c19-14-2-1-3-15(16(14)26-18(20)21)22-17(24)12-4-6-13(7-5-12)23-8-10-25-11-9-23/h1-7,18H,8-11H2,(H,22,24). The van der Waals surface area contributed by atoms with Crippen molar-refractivity contribution in [2.75, 3.05) is 36.5 Å². The maximum atomic E-state index is 12.7. The van der Waals surface area contributed by atoms with E-state index in [1.807, 2.05) is 12.1 Å². The van der Waals surface area contributed by atoms with Gasteiger partial charge in [0.2, 0.25) is 0 Å². The van der Waals surface area contributed by atoms with Crippen LogP contribution in [-0.4, -0.2) is 38.0 Å². The van der Waals surface area contributed by atoms with Crippen molar-refractivity contribution < 1.29 is 18.3 Å². The number of halogens is 3. The van der Waals surface area contributed by atoms with E-state index in [0.717, 1.165) is 18.8 Å². The lowest BCUT2D eigenvalue weighted by atomic mass is 10.1. The van der Waals surface area contributed by atoms with Gasteiger partial charge in [-0.1, -0.05) is 29.4 Å². The van der Waals surface area contributed by atoms with Crippen molar-refractivity contribution in [3.8, 4) is 0 Å². The summed E-state index contributed by atoms with van der Waals surface area (Å²) in [5, 5.41) is 2.84. The Morgan fingerprint density at radius 2 is 1.85 bits per heavy atom. The first-order valence-electron chi connectivity index (χ1n) is 8.02. The van der Waals surface area contributed by atoms with E-state index in [-0.39, 0.29) is 21.5 Å². The summed E-state index contributed by atoms with van der Waals surface area (Å²) in [7, 11) is 0. The van der Waals surface area contributed by atoms with Gasteiger partial charge in [0.25, 0.3) is 11.7 Å². The van der Waals surface area contributed by atoms with Crippen molar-refractivity contribution in [1.29, 1.82) is 0 Å². The number of nitrogens with one attached hydrogen (secondary N) is 1. The van der Waals surface area contributed by atoms with Gasteiger partial charge in [0.15, 0.2) is 0 Å². The number of carbonyl (C=O) groups excluding carboxylic acids is 1. The first kappa shape index (κ1) is 18.9.